The van der Waals surface area contributed by atoms with Gasteiger partial charge in [-0.25, -0.2) is 4.98 Å². The molecule has 0 saturated heterocycles. The Morgan fingerprint density at radius 3 is 2.64 bits per heavy atom. The first-order valence-electron chi connectivity index (χ1n) is 6.98. The highest BCUT2D eigenvalue weighted by molar-refractivity contribution is 5.80. The van der Waals surface area contributed by atoms with Crippen LogP contribution in [0.1, 0.15) is 35.1 Å². The predicted molar refractivity (Wildman–Crippen MR) is 79.8 cm³/mol. The average Bonchev–Trinajstić information content (AvgIpc) is 2.89. The molecule has 0 bridgehead atoms. The van der Waals surface area contributed by atoms with E-state index < -0.39 is 11.7 Å². The van der Waals surface area contributed by atoms with Crippen LogP contribution in [0, 0.1) is 6.92 Å². The molecule has 0 amide bonds. The number of aromatic nitrogens is 2. The van der Waals surface area contributed by atoms with Crippen molar-refractivity contribution in [3.8, 4) is 0 Å². The molecule has 3 aromatic rings. The van der Waals surface area contributed by atoms with Crippen LogP contribution in [0.15, 0.2) is 42.7 Å². The molecule has 0 fully saturated rings. The maximum atomic E-state index is 13.3. The number of benzene rings is 1. The Morgan fingerprint density at radius 2 is 1.91 bits per heavy atom. The first kappa shape index (κ1) is 14.6. The second-order valence-electron chi connectivity index (χ2n) is 5.40. The largest absolute Gasteiger partial charge is 0.416 e. The summed E-state index contributed by atoms with van der Waals surface area (Å²) in [6, 6.07) is 7.97. The number of rotatable bonds is 2. The third kappa shape index (κ3) is 2.36. The van der Waals surface area contributed by atoms with Crippen LogP contribution < -0.4 is 0 Å². The Morgan fingerprint density at radius 1 is 1.14 bits per heavy atom. The van der Waals surface area contributed by atoms with Crippen molar-refractivity contribution in [2.45, 2.75) is 25.9 Å². The van der Waals surface area contributed by atoms with Crippen molar-refractivity contribution in [1.82, 2.24) is 9.97 Å². The summed E-state index contributed by atoms with van der Waals surface area (Å²) in [5, 5.41) is 0.853. The first-order chi connectivity index (χ1) is 10.4. The molecule has 0 spiro atoms. The van der Waals surface area contributed by atoms with Gasteiger partial charge in [-0.2, -0.15) is 13.2 Å². The van der Waals surface area contributed by atoms with Crippen molar-refractivity contribution >= 4 is 11.0 Å². The quantitative estimate of drug-likeness (QED) is 0.706. The topological polar surface area (TPSA) is 28.7 Å². The van der Waals surface area contributed by atoms with E-state index in [4.69, 9.17) is 0 Å². The molecule has 1 N–H and O–H groups in total. The van der Waals surface area contributed by atoms with Crippen molar-refractivity contribution in [1.29, 1.82) is 0 Å². The third-order valence-electron chi connectivity index (χ3n) is 4.01. The van der Waals surface area contributed by atoms with Gasteiger partial charge in [0, 0.05) is 23.7 Å². The van der Waals surface area contributed by atoms with Crippen molar-refractivity contribution in [2.24, 2.45) is 0 Å². The van der Waals surface area contributed by atoms with E-state index in [9.17, 15) is 13.2 Å². The zero-order valence-electron chi connectivity index (χ0n) is 12.2. The van der Waals surface area contributed by atoms with Gasteiger partial charge in [0.25, 0.3) is 0 Å². The molecule has 0 aliphatic rings. The number of nitrogens with one attached hydrogen (secondary N) is 1. The molecule has 0 saturated carbocycles. The van der Waals surface area contributed by atoms with Gasteiger partial charge in [-0.05, 0) is 41.8 Å². The molecule has 0 aliphatic heterocycles. The Hall–Kier alpha value is -2.30. The number of aromatic amines is 1. The predicted octanol–water partition coefficient (Wildman–Crippen LogP) is 5.04. The van der Waals surface area contributed by atoms with Crippen LogP contribution in [-0.2, 0) is 6.18 Å². The molecule has 0 aliphatic carbocycles. The molecule has 3 rings (SSSR count). The number of alkyl halides is 3. The molecule has 22 heavy (non-hydrogen) atoms. The highest BCUT2D eigenvalue weighted by Gasteiger charge is 2.35. The minimum absolute atomic E-state index is 0.319. The van der Waals surface area contributed by atoms with Gasteiger partial charge in [0.05, 0.1) is 5.56 Å². The smallest absolute Gasteiger partial charge is 0.346 e. The Balaban J connectivity index is 2.19. The maximum Gasteiger partial charge on any atom is 0.416 e. The van der Waals surface area contributed by atoms with Gasteiger partial charge in [0.2, 0.25) is 0 Å². The summed E-state index contributed by atoms with van der Waals surface area (Å²) in [5.41, 5.74) is 1.90. The molecule has 114 valence electrons. The van der Waals surface area contributed by atoms with E-state index in [0.717, 1.165) is 17.0 Å². The van der Waals surface area contributed by atoms with Gasteiger partial charge in [-0.3, -0.25) is 0 Å². The maximum absolute atomic E-state index is 13.3. The van der Waals surface area contributed by atoms with E-state index in [0.29, 0.717) is 16.8 Å². The van der Waals surface area contributed by atoms with E-state index >= 15 is 0 Å². The van der Waals surface area contributed by atoms with Crippen molar-refractivity contribution in [3.63, 3.8) is 0 Å². The molecule has 5 heteroatoms. The van der Waals surface area contributed by atoms with Gasteiger partial charge in [0.1, 0.15) is 5.65 Å². The number of aryl methyl sites for hydroxylation is 1. The van der Waals surface area contributed by atoms with Gasteiger partial charge in [0.15, 0.2) is 0 Å². The summed E-state index contributed by atoms with van der Waals surface area (Å²) in [7, 11) is 0. The van der Waals surface area contributed by atoms with Gasteiger partial charge >= 0.3 is 6.18 Å². The fourth-order valence-corrected chi connectivity index (χ4v) is 2.99. The highest BCUT2D eigenvalue weighted by atomic mass is 19.4. The third-order valence-corrected chi connectivity index (χ3v) is 4.01. The van der Waals surface area contributed by atoms with Gasteiger partial charge in [-0.15, -0.1) is 0 Å². The van der Waals surface area contributed by atoms with Crippen LogP contribution in [-0.4, -0.2) is 9.97 Å². The average molecular weight is 304 g/mol. The van der Waals surface area contributed by atoms with Gasteiger partial charge < -0.3 is 4.98 Å². The first-order valence-corrected chi connectivity index (χ1v) is 6.98. The molecule has 1 unspecified atom stereocenters. The van der Waals surface area contributed by atoms with E-state index in [1.54, 1.807) is 38.4 Å². The fourth-order valence-electron chi connectivity index (χ4n) is 2.99. The number of pyridine rings is 1. The van der Waals surface area contributed by atoms with Crippen LogP contribution in [0.5, 0.6) is 0 Å². The molecule has 1 aromatic carbocycles. The normalized spacial score (nSPS) is 13.5. The summed E-state index contributed by atoms with van der Waals surface area (Å²) < 4.78 is 40.0. The minimum Gasteiger partial charge on any atom is -0.346 e. The van der Waals surface area contributed by atoms with Crippen LogP contribution in [0.25, 0.3) is 11.0 Å². The summed E-state index contributed by atoms with van der Waals surface area (Å²) in [6.07, 6.45) is -0.961. The monoisotopic (exact) mass is 304 g/mol. The van der Waals surface area contributed by atoms with Crippen molar-refractivity contribution in [3.05, 3.63) is 65.0 Å². The van der Waals surface area contributed by atoms with Crippen LogP contribution >= 0.6 is 0 Å². The van der Waals surface area contributed by atoms with Crippen LogP contribution in [0.2, 0.25) is 0 Å². The lowest BCUT2D eigenvalue weighted by atomic mass is 9.86. The summed E-state index contributed by atoms with van der Waals surface area (Å²) in [5.74, 6) is -0.379. The zero-order valence-corrected chi connectivity index (χ0v) is 12.2. The summed E-state index contributed by atoms with van der Waals surface area (Å²) in [4.78, 5) is 7.22. The number of halogens is 3. The lowest BCUT2D eigenvalue weighted by Gasteiger charge is -2.20. The second-order valence-corrected chi connectivity index (χ2v) is 5.40. The Kier molecular flexibility index (Phi) is 3.43. The number of hydrogen-bond acceptors (Lipinski definition) is 1. The molecule has 2 aromatic heterocycles. The second kappa shape index (κ2) is 5.16. The van der Waals surface area contributed by atoms with E-state index in [2.05, 4.69) is 9.97 Å². The standard InChI is InChI=1S/C17H15F3N2/c1-10-5-3-7-14(17(18,19)20)15(10)11(2)13-9-22-16-12(13)6-4-8-21-16/h3-9,11H,1-2H3,(H,21,22). The number of hydrogen-bond donors (Lipinski definition) is 1. The zero-order chi connectivity index (χ0) is 15.9. The Bertz CT molecular complexity index is 818. The van der Waals surface area contributed by atoms with Crippen LogP contribution in [0.4, 0.5) is 13.2 Å². The lowest BCUT2D eigenvalue weighted by Crippen LogP contribution is -2.13. The molecular formula is C17H15F3N2. The number of H-pyrrole nitrogens is 1. The van der Waals surface area contributed by atoms with E-state index in [1.165, 1.54) is 6.07 Å². The van der Waals surface area contributed by atoms with Gasteiger partial charge in [-0.1, -0.05) is 19.1 Å². The molecule has 2 heterocycles. The minimum atomic E-state index is -4.36. The summed E-state index contributed by atoms with van der Waals surface area (Å²) >= 11 is 0. The number of nitrogens with zero attached hydrogens (tertiary/aromatic N) is 1. The highest BCUT2D eigenvalue weighted by Crippen LogP contribution is 2.40. The van der Waals surface area contributed by atoms with E-state index in [1.807, 2.05) is 6.07 Å². The molecule has 0 radical (unpaired) electrons. The molecule has 1 atom stereocenters. The van der Waals surface area contributed by atoms with Crippen molar-refractivity contribution < 1.29 is 13.2 Å². The SMILES string of the molecule is Cc1cccc(C(F)(F)F)c1C(C)c1c[nH]c2ncccc12. The lowest BCUT2D eigenvalue weighted by molar-refractivity contribution is -0.138. The van der Waals surface area contributed by atoms with Crippen molar-refractivity contribution in [2.75, 3.05) is 0 Å². The molecular weight excluding hydrogens is 289 g/mol. The molecule has 2 nitrogen and oxygen atoms in total. The summed E-state index contributed by atoms with van der Waals surface area (Å²) in [6.45, 7) is 3.52. The Labute approximate surface area is 126 Å². The number of fused-ring (bicyclic) bond motifs is 1. The van der Waals surface area contributed by atoms with E-state index in [-0.39, 0.29) is 5.92 Å². The fraction of sp³-hybridized carbons (Fsp3) is 0.235. The van der Waals surface area contributed by atoms with Crippen LogP contribution in [0.3, 0.4) is 0 Å².